The molecule has 0 radical (unpaired) electrons. The maximum Gasteiger partial charge on any atom is 0.344 e. The van der Waals surface area contributed by atoms with Gasteiger partial charge in [0.2, 0.25) is 0 Å². The maximum absolute atomic E-state index is 12.5. The second kappa shape index (κ2) is 13.0. The minimum absolute atomic E-state index is 0.0516. The first-order valence-corrected chi connectivity index (χ1v) is 13.5. The summed E-state index contributed by atoms with van der Waals surface area (Å²) in [6.07, 6.45) is 0.189. The van der Waals surface area contributed by atoms with Crippen LogP contribution in [0.2, 0.25) is 5.02 Å². The van der Waals surface area contributed by atoms with Crippen LogP contribution in [0.25, 0.3) is 5.69 Å². The van der Waals surface area contributed by atoms with Gasteiger partial charge in [-0.15, -0.1) is 0 Å². The summed E-state index contributed by atoms with van der Waals surface area (Å²) in [7, 11) is 1.39. The molecule has 214 valence electrons. The highest BCUT2D eigenvalue weighted by Crippen LogP contribution is 2.42. The minimum atomic E-state index is -1.16. The third-order valence-electron chi connectivity index (χ3n) is 6.02. The van der Waals surface area contributed by atoms with Crippen molar-refractivity contribution in [3.63, 3.8) is 0 Å². The molecule has 0 aliphatic carbocycles. The number of aromatic nitrogens is 1. The molecular formula is C29H27BrClN3O7. The van der Waals surface area contributed by atoms with Gasteiger partial charge in [-0.1, -0.05) is 11.6 Å². The van der Waals surface area contributed by atoms with E-state index in [4.69, 9.17) is 35.3 Å². The number of halogens is 2. The maximum atomic E-state index is 12.5. The molecule has 41 heavy (non-hydrogen) atoms. The van der Waals surface area contributed by atoms with Crippen LogP contribution in [-0.2, 0) is 11.4 Å². The number of nitrogens with one attached hydrogen (secondary N) is 1. The number of hydrogen-bond donors (Lipinski definition) is 2. The van der Waals surface area contributed by atoms with Gasteiger partial charge in [0.1, 0.15) is 23.1 Å². The van der Waals surface area contributed by atoms with E-state index in [1.54, 1.807) is 6.07 Å². The number of aliphatic carboxylic acids is 1. The van der Waals surface area contributed by atoms with Gasteiger partial charge in [-0.2, -0.15) is 5.10 Å². The molecule has 0 aliphatic heterocycles. The number of nitrogens with zero attached hydrogens (tertiary/aromatic N) is 2. The smallest absolute Gasteiger partial charge is 0.344 e. The third kappa shape index (κ3) is 6.93. The van der Waals surface area contributed by atoms with E-state index in [9.17, 15) is 9.59 Å². The summed E-state index contributed by atoms with van der Waals surface area (Å²) >= 11 is 9.71. The Morgan fingerprint density at radius 2 is 1.83 bits per heavy atom. The van der Waals surface area contributed by atoms with Gasteiger partial charge in [0.15, 0.2) is 23.4 Å². The van der Waals surface area contributed by atoms with Gasteiger partial charge < -0.3 is 28.3 Å². The third-order valence-corrected chi connectivity index (χ3v) is 7.46. The van der Waals surface area contributed by atoms with Gasteiger partial charge >= 0.3 is 11.9 Å². The van der Waals surface area contributed by atoms with Crippen molar-refractivity contribution in [2.75, 3.05) is 7.11 Å². The number of carboxylic acid groups (broad SMARTS) is 1. The number of amides is 1. The quantitative estimate of drug-likeness (QED) is 0.145. The van der Waals surface area contributed by atoms with Crippen LogP contribution < -0.4 is 19.6 Å². The lowest BCUT2D eigenvalue weighted by Gasteiger charge is -2.17. The zero-order chi connectivity index (χ0) is 29.7. The molecule has 4 aromatic rings. The molecule has 1 atom stereocenters. The van der Waals surface area contributed by atoms with Crippen LogP contribution in [0.3, 0.4) is 0 Å². The number of carbonyl (C=O) groups is 2. The highest BCUT2D eigenvalue weighted by molar-refractivity contribution is 9.10. The lowest BCUT2D eigenvalue weighted by atomic mass is 10.2. The van der Waals surface area contributed by atoms with Crippen LogP contribution in [0.15, 0.2) is 68.6 Å². The summed E-state index contributed by atoms with van der Waals surface area (Å²) in [6.45, 7) is 5.61. The summed E-state index contributed by atoms with van der Waals surface area (Å²) < 4.78 is 24.6. The average molecular weight is 645 g/mol. The van der Waals surface area contributed by atoms with E-state index in [1.165, 1.54) is 32.4 Å². The Bertz CT molecular complexity index is 1580. The Morgan fingerprint density at radius 1 is 1.15 bits per heavy atom. The van der Waals surface area contributed by atoms with Crippen molar-refractivity contribution in [1.29, 1.82) is 0 Å². The molecule has 2 N–H and O–H groups in total. The molecule has 0 unspecified atom stereocenters. The molecule has 0 spiro atoms. The van der Waals surface area contributed by atoms with Gasteiger partial charge in [-0.25, -0.2) is 10.2 Å². The number of methoxy groups -OCH3 is 1. The van der Waals surface area contributed by atoms with Gasteiger partial charge in [0.25, 0.3) is 0 Å². The fourth-order valence-corrected chi connectivity index (χ4v) is 4.55. The van der Waals surface area contributed by atoms with E-state index < -0.39 is 18.0 Å². The predicted octanol–water partition coefficient (Wildman–Crippen LogP) is 6.31. The van der Waals surface area contributed by atoms with Crippen molar-refractivity contribution in [2.45, 2.75) is 33.5 Å². The molecule has 4 rings (SSSR count). The molecule has 2 heterocycles. The lowest BCUT2D eigenvalue weighted by molar-refractivity contribution is -0.144. The second-order valence-corrected chi connectivity index (χ2v) is 10.1. The van der Waals surface area contributed by atoms with Crippen molar-refractivity contribution in [3.05, 3.63) is 92.6 Å². The van der Waals surface area contributed by atoms with E-state index in [0.717, 1.165) is 17.1 Å². The number of hydrogen-bond acceptors (Lipinski definition) is 7. The minimum Gasteiger partial charge on any atom is -0.493 e. The Kier molecular flexibility index (Phi) is 9.41. The largest absolute Gasteiger partial charge is 0.493 e. The van der Waals surface area contributed by atoms with Gasteiger partial charge in [0, 0.05) is 27.1 Å². The highest BCUT2D eigenvalue weighted by Gasteiger charge is 2.22. The SMILES string of the molecule is COc1cc(/C=N/NC(=O)c2ccc(COc3ccc(-n4c(C)ccc4C)cc3)o2)c(Br)c(Cl)c1O[C@@H](C)C(=O)O. The highest BCUT2D eigenvalue weighted by atomic mass is 79.9. The first-order valence-electron chi connectivity index (χ1n) is 12.3. The Hall–Kier alpha value is -4.22. The number of benzene rings is 2. The van der Waals surface area contributed by atoms with Crippen molar-refractivity contribution in [1.82, 2.24) is 9.99 Å². The van der Waals surface area contributed by atoms with Crippen LogP contribution >= 0.6 is 27.5 Å². The van der Waals surface area contributed by atoms with Crippen molar-refractivity contribution in [3.8, 4) is 22.9 Å². The molecule has 0 fully saturated rings. The molecule has 0 saturated heterocycles. The van der Waals surface area contributed by atoms with Crippen LogP contribution in [-0.4, -0.2) is 41.0 Å². The molecular weight excluding hydrogens is 618 g/mol. The standard InChI is InChI=1S/C29H27BrClN3O7/c1-16-5-6-17(2)34(16)20-7-9-21(10-8-20)39-15-22-11-12-23(41-22)28(35)33-32-14-19-13-24(38-4)27(26(31)25(19)30)40-18(3)29(36)37/h5-14,18H,15H2,1-4H3,(H,33,35)(H,36,37)/b32-14+/t18-/m0/s1. The molecule has 12 heteroatoms. The first kappa shape index (κ1) is 29.8. The predicted molar refractivity (Wildman–Crippen MR) is 157 cm³/mol. The first-order chi connectivity index (χ1) is 19.6. The summed E-state index contributed by atoms with van der Waals surface area (Å²) in [5.41, 5.74) is 6.17. The zero-order valence-electron chi connectivity index (χ0n) is 22.6. The van der Waals surface area contributed by atoms with Crippen LogP contribution in [0.1, 0.15) is 40.2 Å². The van der Waals surface area contributed by atoms with Crippen LogP contribution in [0, 0.1) is 13.8 Å². The van der Waals surface area contributed by atoms with Gasteiger partial charge in [-0.3, -0.25) is 4.79 Å². The van der Waals surface area contributed by atoms with Crippen LogP contribution in [0.5, 0.6) is 17.2 Å². The normalized spacial score (nSPS) is 11.9. The molecule has 1 amide bonds. The van der Waals surface area contributed by atoms with Gasteiger partial charge in [0.05, 0.1) is 13.3 Å². The van der Waals surface area contributed by atoms with E-state index in [1.807, 2.05) is 24.3 Å². The van der Waals surface area contributed by atoms with Gasteiger partial charge in [-0.05, 0) is 91.3 Å². The number of aryl methyl sites for hydroxylation is 2. The number of hydrazone groups is 1. The Morgan fingerprint density at radius 3 is 2.46 bits per heavy atom. The number of ether oxygens (including phenoxy) is 3. The average Bonchev–Trinajstić information content (AvgIpc) is 3.57. The van der Waals surface area contributed by atoms with E-state index >= 15 is 0 Å². The second-order valence-electron chi connectivity index (χ2n) is 8.92. The van der Waals surface area contributed by atoms with Crippen molar-refractivity contribution >= 4 is 45.6 Å². The summed E-state index contributed by atoms with van der Waals surface area (Å²) in [6, 6.07) is 16.6. The Labute approximate surface area is 249 Å². The fourth-order valence-electron chi connectivity index (χ4n) is 3.90. The van der Waals surface area contributed by atoms with Crippen molar-refractivity contribution in [2.24, 2.45) is 5.10 Å². The van der Waals surface area contributed by atoms with E-state index in [0.29, 0.717) is 21.5 Å². The molecule has 2 aromatic carbocycles. The zero-order valence-corrected chi connectivity index (χ0v) is 24.9. The molecule has 10 nitrogen and oxygen atoms in total. The fraction of sp³-hybridized carbons (Fsp3) is 0.207. The summed E-state index contributed by atoms with van der Waals surface area (Å²) in [5.74, 6) is -0.298. The topological polar surface area (TPSA) is 125 Å². The number of carboxylic acids is 1. The summed E-state index contributed by atoms with van der Waals surface area (Å²) in [4.78, 5) is 23.7. The molecule has 2 aromatic heterocycles. The van der Waals surface area contributed by atoms with Crippen LogP contribution in [0.4, 0.5) is 0 Å². The number of furan rings is 1. The molecule has 0 bridgehead atoms. The molecule has 0 saturated carbocycles. The molecule has 0 aliphatic rings. The van der Waals surface area contributed by atoms with E-state index in [2.05, 4.69) is 57.0 Å². The van der Waals surface area contributed by atoms with E-state index in [-0.39, 0.29) is 28.9 Å². The number of rotatable bonds is 11. The summed E-state index contributed by atoms with van der Waals surface area (Å²) in [5, 5.41) is 13.2. The number of carbonyl (C=O) groups excluding carboxylic acids is 1. The van der Waals surface area contributed by atoms with Crippen molar-refractivity contribution < 1.29 is 33.3 Å². The Balaban J connectivity index is 1.36. The lowest BCUT2D eigenvalue weighted by Crippen LogP contribution is -2.23. The monoisotopic (exact) mass is 643 g/mol.